The average molecular weight is 572 g/mol. The number of aromatic amines is 1. The van der Waals surface area contributed by atoms with Gasteiger partial charge in [0.2, 0.25) is 5.91 Å². The number of piperidine rings is 1. The number of carbonyl (C=O) groups excluding carboxylic acids is 3. The summed E-state index contributed by atoms with van der Waals surface area (Å²) in [4.78, 5) is 56.7. The van der Waals surface area contributed by atoms with Crippen LogP contribution in [0.1, 0.15) is 46.4 Å². The third kappa shape index (κ3) is 5.50. The van der Waals surface area contributed by atoms with Crippen molar-refractivity contribution in [3.63, 3.8) is 0 Å². The van der Waals surface area contributed by atoms with Gasteiger partial charge in [0.15, 0.2) is 0 Å². The van der Waals surface area contributed by atoms with Crippen LogP contribution in [-0.4, -0.2) is 57.3 Å². The second-order valence-electron chi connectivity index (χ2n) is 10.7. The van der Waals surface area contributed by atoms with Crippen LogP contribution < -0.4 is 16.2 Å². The Morgan fingerprint density at radius 3 is 2.34 bits per heavy atom. The Hall–Kier alpha value is -4.37. The second-order valence-corrected chi connectivity index (χ2v) is 11.1. The summed E-state index contributed by atoms with van der Waals surface area (Å²) in [6, 6.07) is 16.1. The number of H-pyrrole nitrogens is 1. The fraction of sp³-hybridized carbons (Fsp3) is 0.290. The molecule has 0 radical (unpaired) electrons. The van der Waals surface area contributed by atoms with Gasteiger partial charge in [0.1, 0.15) is 0 Å². The number of pyridine rings is 1. The molecule has 2 atom stereocenters. The van der Waals surface area contributed by atoms with Crippen LogP contribution in [0.15, 0.2) is 77.9 Å². The summed E-state index contributed by atoms with van der Waals surface area (Å²) in [6.45, 7) is 0.827. The van der Waals surface area contributed by atoms with E-state index in [1.54, 1.807) is 67.0 Å². The molecule has 1 saturated carbocycles. The van der Waals surface area contributed by atoms with Crippen LogP contribution in [0, 0.1) is 5.92 Å². The van der Waals surface area contributed by atoms with Crippen LogP contribution in [0.4, 0.5) is 0 Å². The molecule has 3 heterocycles. The molecule has 2 fully saturated rings. The van der Waals surface area contributed by atoms with E-state index in [4.69, 9.17) is 11.6 Å². The first-order valence-corrected chi connectivity index (χ1v) is 14.2. The Morgan fingerprint density at radius 2 is 1.61 bits per heavy atom. The Morgan fingerprint density at radius 1 is 0.878 bits per heavy atom. The van der Waals surface area contributed by atoms with E-state index in [-0.39, 0.29) is 35.2 Å². The number of aromatic nitrogens is 2. The van der Waals surface area contributed by atoms with Gasteiger partial charge in [-0.25, -0.2) is 0 Å². The number of halogens is 1. The number of benzene rings is 2. The van der Waals surface area contributed by atoms with Crippen molar-refractivity contribution in [2.24, 2.45) is 5.92 Å². The summed E-state index contributed by atoms with van der Waals surface area (Å²) in [6.07, 6.45) is 6.72. The number of hydrogen-bond donors (Lipinski definition) is 3. The first-order chi connectivity index (χ1) is 19.9. The molecular weight excluding hydrogens is 542 g/mol. The van der Waals surface area contributed by atoms with Crippen molar-refractivity contribution in [2.75, 3.05) is 13.1 Å². The molecule has 41 heavy (non-hydrogen) atoms. The molecule has 10 heteroatoms. The van der Waals surface area contributed by atoms with Crippen LogP contribution in [0.25, 0.3) is 16.6 Å². The zero-order valence-corrected chi connectivity index (χ0v) is 23.1. The van der Waals surface area contributed by atoms with Gasteiger partial charge >= 0.3 is 0 Å². The van der Waals surface area contributed by atoms with Crippen LogP contribution in [0.5, 0.6) is 0 Å². The molecule has 1 aliphatic carbocycles. The number of nitrogens with one attached hydrogen (secondary N) is 3. The molecule has 210 valence electrons. The molecule has 9 nitrogen and oxygen atoms in total. The second kappa shape index (κ2) is 11.2. The topological polar surface area (TPSA) is 116 Å². The first kappa shape index (κ1) is 26.8. The molecule has 0 bridgehead atoms. The van der Waals surface area contributed by atoms with Gasteiger partial charge in [-0.2, -0.15) is 0 Å². The lowest BCUT2D eigenvalue weighted by molar-refractivity contribution is -0.139. The Labute approximate surface area is 241 Å². The molecule has 0 unspecified atom stereocenters. The molecule has 6 rings (SSSR count). The monoisotopic (exact) mass is 571 g/mol. The summed E-state index contributed by atoms with van der Waals surface area (Å²) in [7, 11) is 0. The van der Waals surface area contributed by atoms with Crippen molar-refractivity contribution in [2.45, 2.75) is 37.8 Å². The molecule has 0 spiro atoms. The molecule has 4 aromatic rings. The minimum atomic E-state index is -0.482. The van der Waals surface area contributed by atoms with Gasteiger partial charge in [-0.15, -0.1) is 0 Å². The van der Waals surface area contributed by atoms with E-state index in [1.165, 1.54) is 10.6 Å². The van der Waals surface area contributed by atoms with Crippen molar-refractivity contribution in [3.8, 4) is 5.69 Å². The molecule has 3 N–H and O–H groups in total. The number of nitrogens with zero attached hydrogens (tertiary/aromatic N) is 2. The van der Waals surface area contributed by atoms with Gasteiger partial charge in [-0.1, -0.05) is 30.2 Å². The Bertz CT molecular complexity index is 1670. The number of amides is 3. The molecule has 2 aliphatic rings. The van der Waals surface area contributed by atoms with E-state index in [1.807, 2.05) is 4.90 Å². The highest BCUT2D eigenvalue weighted by Gasteiger charge is 2.37. The zero-order valence-electron chi connectivity index (χ0n) is 22.3. The molecule has 2 aromatic carbocycles. The van der Waals surface area contributed by atoms with Crippen LogP contribution in [-0.2, 0) is 4.79 Å². The standard InChI is InChI=1S/C31H30ClN5O4/c32-24-17-33-26-16-21(9-12-23(24)26)30(40)34-25-13-15-36(31(41)20-4-3-5-20)18-27(25)35-29(39)19-7-10-22(11-8-19)37-14-2-1-6-28(37)38/h1-2,6-12,14,16-17,20,25,27,33H,3-5,13,15,18H2,(H,34,40)(H,35,39)/t25-,27+/m1/s1. The quantitative estimate of drug-likeness (QED) is 0.325. The third-order valence-electron chi connectivity index (χ3n) is 8.14. The van der Waals surface area contributed by atoms with Crippen LogP contribution in [0.3, 0.4) is 0 Å². The number of hydrogen-bond acceptors (Lipinski definition) is 4. The highest BCUT2D eigenvalue weighted by atomic mass is 35.5. The summed E-state index contributed by atoms with van der Waals surface area (Å²) in [5.41, 5.74) is 2.13. The van der Waals surface area contributed by atoms with E-state index >= 15 is 0 Å². The Kier molecular flexibility index (Phi) is 7.36. The molecule has 2 aromatic heterocycles. The molecule has 1 aliphatic heterocycles. The van der Waals surface area contributed by atoms with Crippen molar-refractivity contribution in [3.05, 3.63) is 99.6 Å². The van der Waals surface area contributed by atoms with Crippen LogP contribution >= 0.6 is 11.6 Å². The van der Waals surface area contributed by atoms with Gasteiger partial charge < -0.3 is 20.5 Å². The van der Waals surface area contributed by atoms with E-state index in [0.717, 1.165) is 30.2 Å². The largest absolute Gasteiger partial charge is 0.360 e. The minimum absolute atomic E-state index is 0.0470. The highest BCUT2D eigenvalue weighted by Crippen LogP contribution is 2.29. The van der Waals surface area contributed by atoms with Gasteiger partial charge in [-0.3, -0.25) is 23.7 Å². The highest BCUT2D eigenvalue weighted by molar-refractivity contribution is 6.35. The summed E-state index contributed by atoms with van der Waals surface area (Å²) in [5, 5.41) is 7.57. The fourth-order valence-corrected chi connectivity index (χ4v) is 5.75. The number of fused-ring (bicyclic) bond motifs is 1. The number of rotatable bonds is 6. The zero-order chi connectivity index (χ0) is 28.5. The van der Waals surface area contributed by atoms with Crippen molar-refractivity contribution < 1.29 is 14.4 Å². The maximum Gasteiger partial charge on any atom is 0.255 e. The molecular formula is C31H30ClN5O4. The van der Waals surface area contributed by atoms with Gasteiger partial charge in [0, 0.05) is 65.2 Å². The third-order valence-corrected chi connectivity index (χ3v) is 8.45. The van der Waals surface area contributed by atoms with Crippen molar-refractivity contribution in [1.29, 1.82) is 0 Å². The summed E-state index contributed by atoms with van der Waals surface area (Å²) < 4.78 is 1.50. The maximum atomic E-state index is 13.3. The van der Waals surface area contributed by atoms with Gasteiger partial charge in [0.25, 0.3) is 17.4 Å². The van der Waals surface area contributed by atoms with E-state index in [9.17, 15) is 19.2 Å². The summed E-state index contributed by atoms with van der Waals surface area (Å²) in [5.74, 6) is -0.419. The maximum absolute atomic E-state index is 13.3. The average Bonchev–Trinajstić information content (AvgIpc) is 3.33. The van der Waals surface area contributed by atoms with E-state index < -0.39 is 6.04 Å². The van der Waals surface area contributed by atoms with Gasteiger partial charge in [-0.05, 0) is 61.7 Å². The van der Waals surface area contributed by atoms with E-state index in [0.29, 0.717) is 41.3 Å². The fourth-order valence-electron chi connectivity index (χ4n) is 5.53. The summed E-state index contributed by atoms with van der Waals surface area (Å²) >= 11 is 6.18. The molecule has 1 saturated heterocycles. The van der Waals surface area contributed by atoms with E-state index in [2.05, 4.69) is 15.6 Å². The SMILES string of the molecule is O=C(N[C@H]1CN(C(=O)C2CCC2)CC[C@H]1NC(=O)c1ccc2c(Cl)c[nH]c2c1)c1ccc(-n2ccccc2=O)cc1. The Balaban J connectivity index is 1.19. The number of likely N-dealkylation sites (tertiary alicyclic amines) is 1. The minimum Gasteiger partial charge on any atom is -0.360 e. The lowest BCUT2D eigenvalue weighted by atomic mass is 9.83. The predicted molar refractivity (Wildman–Crippen MR) is 156 cm³/mol. The smallest absolute Gasteiger partial charge is 0.255 e. The van der Waals surface area contributed by atoms with Crippen LogP contribution in [0.2, 0.25) is 5.02 Å². The van der Waals surface area contributed by atoms with Crippen molar-refractivity contribution in [1.82, 2.24) is 25.1 Å². The first-order valence-electron chi connectivity index (χ1n) is 13.8. The van der Waals surface area contributed by atoms with Crippen molar-refractivity contribution >= 4 is 40.2 Å². The number of carbonyl (C=O) groups is 3. The molecule has 3 amide bonds. The lowest BCUT2D eigenvalue weighted by Gasteiger charge is -2.41. The van der Waals surface area contributed by atoms with Gasteiger partial charge in [0.05, 0.1) is 17.1 Å². The normalized spacial score (nSPS) is 19.0. The lowest BCUT2D eigenvalue weighted by Crippen LogP contribution is -2.62. The predicted octanol–water partition coefficient (Wildman–Crippen LogP) is 3.90.